The summed E-state index contributed by atoms with van der Waals surface area (Å²) in [6.45, 7) is 2.51. The number of ether oxygens (including phenoxy) is 1. The predicted octanol–water partition coefficient (Wildman–Crippen LogP) is 3.75. The number of carbonyl (C=O) groups is 1. The summed E-state index contributed by atoms with van der Waals surface area (Å²) >= 11 is 0. The number of para-hydroxylation sites is 2. The Morgan fingerprint density at radius 2 is 1.94 bits per heavy atom. The highest BCUT2D eigenvalue weighted by Crippen LogP contribution is 2.24. The zero-order valence-corrected chi connectivity index (χ0v) is 17.2. The van der Waals surface area contributed by atoms with Crippen molar-refractivity contribution in [3.8, 4) is 5.75 Å². The van der Waals surface area contributed by atoms with Gasteiger partial charge in [-0.1, -0.05) is 30.3 Å². The molecule has 7 heteroatoms. The molecule has 3 aromatic carbocycles. The zero-order chi connectivity index (χ0) is 21.6. The maximum absolute atomic E-state index is 13.4. The molecule has 31 heavy (non-hydrogen) atoms. The van der Waals surface area contributed by atoms with E-state index >= 15 is 0 Å². The van der Waals surface area contributed by atoms with Crippen molar-refractivity contribution in [1.29, 1.82) is 0 Å². The molecule has 1 heterocycles. The van der Waals surface area contributed by atoms with Gasteiger partial charge in [-0.25, -0.2) is 9.18 Å². The minimum Gasteiger partial charge on any atom is -0.489 e. The van der Waals surface area contributed by atoms with Crippen LogP contribution in [-0.4, -0.2) is 48.4 Å². The number of aliphatic hydroxyl groups is 1. The van der Waals surface area contributed by atoms with Crippen LogP contribution in [0.1, 0.15) is 12.0 Å². The number of rotatable bonds is 7. The summed E-state index contributed by atoms with van der Waals surface area (Å²) < 4.78 is 18.8. The highest BCUT2D eigenvalue weighted by atomic mass is 19.1. The summed E-state index contributed by atoms with van der Waals surface area (Å²) in [5.74, 6) is 0.297. The highest BCUT2D eigenvalue weighted by molar-refractivity contribution is 5.91. The predicted molar refractivity (Wildman–Crippen MR) is 119 cm³/mol. The number of likely N-dealkylation sites (tertiary alicyclic amines) is 1. The van der Waals surface area contributed by atoms with Gasteiger partial charge in [0, 0.05) is 25.7 Å². The van der Waals surface area contributed by atoms with Crippen LogP contribution in [0.5, 0.6) is 5.75 Å². The normalized spacial score (nSPS) is 16.4. The summed E-state index contributed by atoms with van der Waals surface area (Å²) in [5, 5.41) is 16.7. The van der Waals surface area contributed by atoms with Crippen molar-refractivity contribution in [2.45, 2.75) is 19.0 Å². The molecule has 1 aliphatic rings. The van der Waals surface area contributed by atoms with Crippen LogP contribution >= 0.6 is 0 Å². The van der Waals surface area contributed by atoms with Crippen LogP contribution in [0.2, 0.25) is 0 Å². The maximum Gasteiger partial charge on any atom is 0.319 e. The van der Waals surface area contributed by atoms with Crippen molar-refractivity contribution in [3.63, 3.8) is 0 Å². The number of benzene rings is 3. The van der Waals surface area contributed by atoms with Crippen LogP contribution in [0.15, 0.2) is 60.7 Å². The fraction of sp³-hybridized carbons (Fsp3) is 0.292. The fourth-order valence-electron chi connectivity index (χ4n) is 3.91. The smallest absolute Gasteiger partial charge is 0.319 e. The number of anilines is 1. The van der Waals surface area contributed by atoms with E-state index in [4.69, 9.17) is 9.84 Å². The van der Waals surface area contributed by atoms with Gasteiger partial charge in [0.1, 0.15) is 18.2 Å². The van der Waals surface area contributed by atoms with E-state index in [1.807, 2.05) is 24.3 Å². The van der Waals surface area contributed by atoms with Gasteiger partial charge < -0.3 is 20.5 Å². The van der Waals surface area contributed by atoms with E-state index in [1.54, 1.807) is 24.3 Å². The Labute approximate surface area is 180 Å². The lowest BCUT2D eigenvalue weighted by molar-refractivity contribution is 0.202. The van der Waals surface area contributed by atoms with E-state index in [9.17, 15) is 9.18 Å². The number of halogens is 1. The lowest BCUT2D eigenvalue weighted by atomic mass is 10.1. The van der Waals surface area contributed by atoms with Crippen molar-refractivity contribution in [2.24, 2.45) is 0 Å². The largest absolute Gasteiger partial charge is 0.489 e. The summed E-state index contributed by atoms with van der Waals surface area (Å²) in [6.07, 6.45) is 0.870. The molecule has 0 saturated carbocycles. The van der Waals surface area contributed by atoms with Crippen LogP contribution in [0.3, 0.4) is 0 Å². The maximum atomic E-state index is 13.4. The summed E-state index contributed by atoms with van der Waals surface area (Å²) in [4.78, 5) is 14.8. The molecule has 0 aliphatic carbocycles. The first-order valence-electron chi connectivity index (χ1n) is 10.4. The lowest BCUT2D eigenvalue weighted by Gasteiger charge is -2.18. The summed E-state index contributed by atoms with van der Waals surface area (Å²) in [5.41, 5.74) is 1.73. The van der Waals surface area contributed by atoms with Gasteiger partial charge in [0.25, 0.3) is 0 Å². The van der Waals surface area contributed by atoms with Crippen LogP contribution in [-0.2, 0) is 6.54 Å². The van der Waals surface area contributed by atoms with Gasteiger partial charge in [0.2, 0.25) is 0 Å². The van der Waals surface area contributed by atoms with E-state index in [2.05, 4.69) is 21.6 Å². The molecule has 1 aliphatic heterocycles. The molecule has 1 saturated heterocycles. The molecule has 2 amide bonds. The van der Waals surface area contributed by atoms with Crippen LogP contribution in [0.4, 0.5) is 14.9 Å². The number of nitrogens with one attached hydrogen (secondary N) is 2. The number of hydrogen-bond acceptors (Lipinski definition) is 4. The second kappa shape index (κ2) is 9.76. The average Bonchev–Trinajstić information content (AvgIpc) is 3.19. The van der Waals surface area contributed by atoms with Crippen molar-refractivity contribution >= 4 is 22.5 Å². The first-order valence-corrected chi connectivity index (χ1v) is 10.4. The second-order valence-corrected chi connectivity index (χ2v) is 7.71. The third kappa shape index (κ3) is 5.51. The first-order chi connectivity index (χ1) is 15.1. The Balaban J connectivity index is 1.30. The molecular formula is C24H26FN3O3. The Morgan fingerprint density at radius 3 is 2.81 bits per heavy atom. The van der Waals surface area contributed by atoms with Gasteiger partial charge in [-0.3, -0.25) is 4.90 Å². The Bertz CT molecular complexity index is 1060. The SMILES string of the molecule is O=C(Nc1ccccc1OCCO)NC1CCN(Cc2ccc3cc(F)ccc3c2)C1. The van der Waals surface area contributed by atoms with Gasteiger partial charge in [-0.15, -0.1) is 0 Å². The molecule has 3 N–H and O–H groups in total. The molecule has 0 radical (unpaired) electrons. The molecule has 1 fully saturated rings. The number of aliphatic hydroxyl groups excluding tert-OH is 1. The lowest BCUT2D eigenvalue weighted by Crippen LogP contribution is -2.39. The van der Waals surface area contributed by atoms with Crippen molar-refractivity contribution in [1.82, 2.24) is 10.2 Å². The average molecular weight is 423 g/mol. The molecule has 0 spiro atoms. The molecule has 4 rings (SSSR count). The summed E-state index contributed by atoms with van der Waals surface area (Å²) in [7, 11) is 0. The highest BCUT2D eigenvalue weighted by Gasteiger charge is 2.24. The van der Waals surface area contributed by atoms with E-state index in [-0.39, 0.29) is 31.1 Å². The van der Waals surface area contributed by atoms with Crippen LogP contribution in [0.25, 0.3) is 10.8 Å². The van der Waals surface area contributed by atoms with Gasteiger partial charge >= 0.3 is 6.03 Å². The monoisotopic (exact) mass is 423 g/mol. The minimum absolute atomic E-state index is 0.0556. The van der Waals surface area contributed by atoms with Gasteiger partial charge in [0.05, 0.1) is 12.3 Å². The minimum atomic E-state index is -0.278. The third-order valence-electron chi connectivity index (χ3n) is 5.36. The van der Waals surface area contributed by atoms with Crippen molar-refractivity contribution in [3.05, 3.63) is 72.0 Å². The van der Waals surface area contributed by atoms with Crippen LogP contribution < -0.4 is 15.4 Å². The molecule has 162 valence electrons. The second-order valence-electron chi connectivity index (χ2n) is 7.71. The van der Waals surface area contributed by atoms with E-state index in [1.165, 1.54) is 11.6 Å². The third-order valence-corrected chi connectivity index (χ3v) is 5.36. The Morgan fingerprint density at radius 1 is 1.13 bits per heavy atom. The van der Waals surface area contributed by atoms with E-state index in [0.717, 1.165) is 36.8 Å². The van der Waals surface area contributed by atoms with Gasteiger partial charge in [-0.05, 0) is 53.1 Å². The Hall–Kier alpha value is -3.16. The number of urea groups is 1. The van der Waals surface area contributed by atoms with Crippen molar-refractivity contribution in [2.75, 3.05) is 31.6 Å². The van der Waals surface area contributed by atoms with E-state index in [0.29, 0.717) is 11.4 Å². The molecule has 1 unspecified atom stereocenters. The summed E-state index contributed by atoms with van der Waals surface area (Å²) in [6, 6.07) is 17.8. The van der Waals surface area contributed by atoms with Gasteiger partial charge in [-0.2, -0.15) is 0 Å². The number of fused-ring (bicyclic) bond motifs is 1. The standard InChI is InChI=1S/C24H26FN3O3/c25-20-8-7-18-13-17(5-6-19(18)14-20)15-28-10-9-21(16-28)26-24(30)27-22-3-1-2-4-23(22)31-12-11-29/h1-8,13-14,21,29H,9-12,15-16H2,(H2,26,27,30). The number of carbonyl (C=O) groups excluding carboxylic acids is 1. The zero-order valence-electron chi connectivity index (χ0n) is 17.2. The number of amides is 2. The van der Waals surface area contributed by atoms with E-state index < -0.39 is 0 Å². The molecular weight excluding hydrogens is 397 g/mol. The van der Waals surface area contributed by atoms with Crippen molar-refractivity contribution < 1.29 is 19.0 Å². The fourth-order valence-corrected chi connectivity index (χ4v) is 3.91. The quantitative estimate of drug-likeness (QED) is 0.541. The molecule has 1 atom stereocenters. The Kier molecular flexibility index (Phi) is 6.64. The first kappa shape index (κ1) is 21.1. The number of hydrogen-bond donors (Lipinski definition) is 3. The molecule has 6 nitrogen and oxygen atoms in total. The molecule has 3 aromatic rings. The van der Waals surface area contributed by atoms with Gasteiger partial charge in [0.15, 0.2) is 0 Å². The number of nitrogens with zero attached hydrogens (tertiary/aromatic N) is 1. The topological polar surface area (TPSA) is 73.8 Å². The molecule has 0 bridgehead atoms. The molecule has 0 aromatic heterocycles. The van der Waals surface area contributed by atoms with Crippen LogP contribution in [0, 0.1) is 5.82 Å².